The Labute approximate surface area is 85.4 Å². The first kappa shape index (κ1) is 15.8. The van der Waals surface area contributed by atoms with Crippen LogP contribution in [0, 0.1) is 0 Å². The molecule has 0 aromatic carbocycles. The maximum absolute atomic E-state index is 8.86. The molecule has 0 fully saturated rings. The first-order chi connectivity index (χ1) is 2.73. The zero-order chi connectivity index (χ0) is 5.58. The number of carboxylic acid groups (broad SMARTS) is 1. The molecule has 0 amide bonds. The van der Waals surface area contributed by atoms with Crippen LogP contribution in [-0.4, -0.2) is 15.3 Å². The van der Waals surface area contributed by atoms with Crippen LogP contribution in [0.5, 0.6) is 0 Å². The van der Waals surface area contributed by atoms with E-state index in [0.717, 1.165) is 0 Å². The normalized spacial score (nSPS) is 4.43. The second-order valence-corrected chi connectivity index (χ2v) is 0.665. The number of carbonyl (C=O) groups is 1. The molecule has 2 nitrogen and oxygen atoms in total. The number of hydrogen-bond acceptors (Lipinski definition) is 1. The Hall–Kier alpha value is 1.55. The van der Waals surface area contributed by atoms with E-state index in [9.17, 15) is 0 Å². The Balaban J connectivity index is -0.0000000183. The van der Waals surface area contributed by atoms with E-state index in [1.165, 1.54) is 0 Å². The van der Waals surface area contributed by atoms with E-state index in [1.54, 1.807) is 0 Å². The zero-order valence-electron chi connectivity index (χ0n) is 5.18. The van der Waals surface area contributed by atoms with Gasteiger partial charge in [0.15, 0.2) is 0 Å². The van der Waals surface area contributed by atoms with E-state index in [0.29, 0.717) is 0 Å². The Morgan fingerprint density at radius 3 is 1.86 bits per heavy atom. The number of rotatable bonds is 0. The van der Waals surface area contributed by atoms with E-state index in [-0.39, 0.29) is 31.0 Å². The van der Waals surface area contributed by atoms with E-state index < -0.39 is 5.30 Å². The predicted octanol–water partition coefficient (Wildman–Crippen LogP) is -1.24. The molecule has 0 unspecified atom stereocenters. The molecule has 0 aromatic heterocycles. The van der Waals surface area contributed by atoms with Crippen LogP contribution in [0.4, 0.5) is 4.79 Å². The summed E-state index contributed by atoms with van der Waals surface area (Å²) in [4.78, 5) is 10.8. The van der Waals surface area contributed by atoms with E-state index in [4.69, 9.17) is 9.90 Å². The summed E-state index contributed by atoms with van der Waals surface area (Å²) in [5.74, 6) is 0. The molecular weight excluding hydrogens is 238 g/mol. The third kappa shape index (κ3) is 96.8. The fraction of sp³-hybridized carbons (Fsp3) is 0.500. The molecule has 0 aliphatic heterocycles. The van der Waals surface area contributed by atoms with Crippen molar-refractivity contribution in [2.75, 3.05) is 4.93 Å². The number of thiol groups is 1. The second-order valence-electron chi connectivity index (χ2n) is 0.283. The van der Waals surface area contributed by atoms with Gasteiger partial charge in [-0.05, 0) is 4.93 Å². The van der Waals surface area contributed by atoms with Crippen molar-refractivity contribution in [3.63, 3.8) is 0 Å². The van der Waals surface area contributed by atoms with Gasteiger partial charge in [0.1, 0.15) is 0 Å². The monoisotopic (exact) mass is 244 g/mol. The molecular formula is C2H6INaO2S. The number of hydrogen-bond donors (Lipinski definition) is 2. The van der Waals surface area contributed by atoms with Crippen LogP contribution in [0.3, 0.4) is 0 Å². The van der Waals surface area contributed by atoms with Crippen molar-refractivity contribution < 1.29 is 40.9 Å². The van der Waals surface area contributed by atoms with Crippen LogP contribution in [0.1, 0.15) is 1.43 Å². The van der Waals surface area contributed by atoms with E-state index >= 15 is 0 Å². The summed E-state index contributed by atoms with van der Waals surface area (Å²) in [5, 5.41) is 6.14. The zero-order valence-corrected chi connectivity index (χ0v) is 9.23. The predicted molar refractivity (Wildman–Crippen MR) is 38.1 cm³/mol. The van der Waals surface area contributed by atoms with Crippen molar-refractivity contribution in [1.29, 1.82) is 0 Å². The first-order valence-corrected chi connectivity index (χ1v) is 3.63. The molecule has 0 aliphatic rings. The van der Waals surface area contributed by atoms with Crippen LogP contribution in [0.25, 0.3) is 0 Å². The fourth-order valence-corrected chi connectivity index (χ4v) is 0. The maximum atomic E-state index is 8.86. The van der Waals surface area contributed by atoms with Crippen molar-refractivity contribution in [2.45, 2.75) is 0 Å². The van der Waals surface area contributed by atoms with Crippen LogP contribution < -0.4 is 29.6 Å². The van der Waals surface area contributed by atoms with Gasteiger partial charge in [0.25, 0.3) is 0 Å². The van der Waals surface area contributed by atoms with Gasteiger partial charge in [0.2, 0.25) is 0 Å². The van der Waals surface area contributed by atoms with Crippen LogP contribution in [0.2, 0.25) is 0 Å². The average molecular weight is 244 g/mol. The minimum Gasteiger partial charge on any atom is -1.00 e. The topological polar surface area (TPSA) is 37.3 Å². The van der Waals surface area contributed by atoms with Gasteiger partial charge in [0, 0.05) is 0 Å². The largest absolute Gasteiger partial charge is 1.00 e. The molecule has 0 rings (SSSR count). The Kier molecular flexibility index (Phi) is 35.4. The summed E-state index contributed by atoms with van der Waals surface area (Å²) in [5.41, 5.74) is 0. The third-order valence-corrected chi connectivity index (χ3v) is 0. The smallest absolute Gasteiger partial charge is 1.00 e. The van der Waals surface area contributed by atoms with Gasteiger partial charge in [-0.25, -0.2) is 4.79 Å². The van der Waals surface area contributed by atoms with Gasteiger partial charge >= 0.3 is 34.9 Å². The summed E-state index contributed by atoms with van der Waals surface area (Å²) in [6.07, 6.45) is 0. The molecule has 1 N–H and O–H groups in total. The minimum absolute atomic E-state index is 0. The van der Waals surface area contributed by atoms with Gasteiger partial charge in [0.05, 0.1) is 0 Å². The van der Waals surface area contributed by atoms with Crippen molar-refractivity contribution >= 4 is 40.5 Å². The van der Waals surface area contributed by atoms with Gasteiger partial charge in [-0.3, -0.25) is 0 Å². The Morgan fingerprint density at radius 2 is 1.86 bits per heavy atom. The van der Waals surface area contributed by atoms with Gasteiger partial charge < -0.3 is 6.53 Å². The fourth-order valence-electron chi connectivity index (χ4n) is 0. The number of halogens is 1. The summed E-state index contributed by atoms with van der Waals surface area (Å²) in [6.45, 7) is 0. The second kappa shape index (κ2) is 15.6. The molecule has 40 valence electrons. The van der Waals surface area contributed by atoms with Gasteiger partial charge in [-0.1, -0.05) is 35.2 Å². The van der Waals surface area contributed by atoms with Crippen molar-refractivity contribution in [2.24, 2.45) is 0 Å². The van der Waals surface area contributed by atoms with Crippen molar-refractivity contribution in [3.05, 3.63) is 0 Å². The van der Waals surface area contributed by atoms with Crippen LogP contribution >= 0.6 is 35.2 Å². The molecule has 5 heteroatoms. The maximum Gasteiger partial charge on any atom is 1.00 e. The van der Waals surface area contributed by atoms with Crippen molar-refractivity contribution in [3.8, 4) is 0 Å². The molecule has 0 bridgehead atoms. The molecule has 0 saturated carbocycles. The standard InChI is InChI=1S/CH3I.CH2O2S.Na.H/c1-2;2-1(3)4;;/h1H3;4H,(H,2,3);;/q;;+1;-1. The summed E-state index contributed by atoms with van der Waals surface area (Å²) >= 11 is 5.03. The molecule has 0 spiro atoms. The van der Waals surface area contributed by atoms with Crippen LogP contribution in [0.15, 0.2) is 0 Å². The molecule has 0 aromatic rings. The molecule has 0 radical (unpaired) electrons. The molecule has 0 atom stereocenters. The number of alkyl halides is 1. The Morgan fingerprint density at radius 1 is 1.86 bits per heavy atom. The minimum atomic E-state index is -1.14. The molecule has 0 aliphatic carbocycles. The first-order valence-electron chi connectivity index (χ1n) is 1.03. The van der Waals surface area contributed by atoms with Gasteiger partial charge in [-0.2, -0.15) is 0 Å². The molecule has 0 saturated heterocycles. The average Bonchev–Trinajstić information content (AvgIpc) is 1.41. The van der Waals surface area contributed by atoms with E-state index in [1.807, 2.05) is 4.93 Å². The van der Waals surface area contributed by atoms with Crippen LogP contribution in [-0.2, 0) is 0 Å². The molecule has 0 heterocycles. The Bertz CT molecular complexity index is 43.0. The van der Waals surface area contributed by atoms with E-state index in [2.05, 4.69) is 35.2 Å². The van der Waals surface area contributed by atoms with Crippen molar-refractivity contribution in [1.82, 2.24) is 0 Å². The SMILES string of the molecule is CI.O=C(O)S.[H-].[Na+]. The third-order valence-electron chi connectivity index (χ3n) is 0. The summed E-state index contributed by atoms with van der Waals surface area (Å²) in [6, 6.07) is 0. The van der Waals surface area contributed by atoms with Gasteiger partial charge in [-0.15, -0.1) is 0 Å². The summed E-state index contributed by atoms with van der Waals surface area (Å²) in [7, 11) is 0. The quantitative estimate of drug-likeness (QED) is 0.242. The molecule has 7 heavy (non-hydrogen) atoms. The summed E-state index contributed by atoms with van der Waals surface area (Å²) < 4.78 is 0.